The fourth-order valence-electron chi connectivity index (χ4n) is 5.10. The van der Waals surface area contributed by atoms with E-state index in [9.17, 15) is 5.11 Å². The van der Waals surface area contributed by atoms with Gasteiger partial charge in [0.05, 0.1) is 0 Å². The van der Waals surface area contributed by atoms with E-state index < -0.39 is 7.26 Å². The van der Waals surface area contributed by atoms with Crippen molar-refractivity contribution >= 4 is 29.3 Å². The van der Waals surface area contributed by atoms with E-state index in [1.54, 1.807) is 0 Å². The molecule has 176 valence electrons. The summed E-state index contributed by atoms with van der Waals surface area (Å²) in [7, 11) is -2.17. The number of rotatable bonds is 5. The Morgan fingerprint density at radius 3 is 1.63 bits per heavy atom. The van der Waals surface area contributed by atoms with Crippen LogP contribution in [0.1, 0.15) is 36.1 Å². The van der Waals surface area contributed by atoms with Gasteiger partial charge in [0.2, 0.25) is 0 Å². The molecule has 0 bridgehead atoms. The maximum atomic E-state index is 11.6. The second-order valence-electron chi connectivity index (χ2n) is 9.83. The third kappa shape index (κ3) is 4.07. The molecule has 5 rings (SSSR count). The SMILES string of the molecule is Cc1c(C)c2c(c(C[P+](c3ccccc3)(c3ccccc3)c3ccccc3)c1O)C=CC(C)(C)O2. The molecule has 3 heteroatoms. The predicted molar refractivity (Wildman–Crippen MR) is 150 cm³/mol. The van der Waals surface area contributed by atoms with Crippen LogP contribution in [0.4, 0.5) is 0 Å². The average molecular weight is 480 g/mol. The lowest BCUT2D eigenvalue weighted by Crippen LogP contribution is -2.33. The van der Waals surface area contributed by atoms with Crippen LogP contribution in [0.3, 0.4) is 0 Å². The lowest BCUT2D eigenvalue weighted by atomic mass is 9.93. The highest BCUT2D eigenvalue weighted by molar-refractivity contribution is 7.95. The lowest BCUT2D eigenvalue weighted by molar-refractivity contribution is 0.157. The van der Waals surface area contributed by atoms with Crippen molar-refractivity contribution in [2.24, 2.45) is 0 Å². The van der Waals surface area contributed by atoms with Crippen molar-refractivity contribution in [2.45, 2.75) is 39.5 Å². The number of fused-ring (bicyclic) bond motifs is 1. The van der Waals surface area contributed by atoms with Gasteiger partial charge in [0.25, 0.3) is 0 Å². The van der Waals surface area contributed by atoms with E-state index in [0.717, 1.165) is 28.0 Å². The summed E-state index contributed by atoms with van der Waals surface area (Å²) in [6.07, 6.45) is 4.95. The molecule has 0 radical (unpaired) electrons. The van der Waals surface area contributed by atoms with Gasteiger partial charge in [-0.2, -0.15) is 0 Å². The van der Waals surface area contributed by atoms with Gasteiger partial charge in [0.15, 0.2) is 0 Å². The molecule has 1 N–H and O–H groups in total. The van der Waals surface area contributed by atoms with E-state index in [4.69, 9.17) is 4.74 Å². The van der Waals surface area contributed by atoms with Gasteiger partial charge in [0, 0.05) is 11.1 Å². The number of benzene rings is 4. The summed E-state index contributed by atoms with van der Waals surface area (Å²) in [4.78, 5) is 0. The van der Waals surface area contributed by atoms with Crippen LogP contribution in [0.2, 0.25) is 0 Å². The molecule has 35 heavy (non-hydrogen) atoms. The molecule has 0 amide bonds. The van der Waals surface area contributed by atoms with Gasteiger partial charge in [0.1, 0.15) is 46.4 Å². The van der Waals surface area contributed by atoms with Gasteiger partial charge in [-0.05, 0) is 81.3 Å². The Balaban J connectivity index is 1.84. The van der Waals surface area contributed by atoms with Crippen molar-refractivity contribution in [2.75, 3.05) is 0 Å². The molecule has 4 aromatic carbocycles. The zero-order valence-electron chi connectivity index (χ0n) is 20.8. The van der Waals surface area contributed by atoms with Crippen LogP contribution in [0.15, 0.2) is 97.1 Å². The fourth-order valence-corrected chi connectivity index (χ4v) is 9.38. The molecule has 0 saturated heterocycles. The highest BCUT2D eigenvalue weighted by Crippen LogP contribution is 2.60. The standard InChI is InChI=1S/C32H31O2P/c1-23-24(2)31-28(20-21-32(3,4)34-31)29(30(23)33)22-35(25-14-8-5-9-15-25,26-16-10-6-11-17-26)27-18-12-7-13-19-27/h5-21H,22H2,1-4H3/p+1. The smallest absolute Gasteiger partial charge is 0.131 e. The number of aromatic hydroxyl groups is 1. The van der Waals surface area contributed by atoms with Crippen molar-refractivity contribution in [3.8, 4) is 11.5 Å². The molecule has 2 nitrogen and oxygen atoms in total. The molecule has 0 fully saturated rings. The van der Waals surface area contributed by atoms with Gasteiger partial charge in [-0.1, -0.05) is 60.7 Å². The topological polar surface area (TPSA) is 29.5 Å². The summed E-state index contributed by atoms with van der Waals surface area (Å²) in [5.41, 5.74) is 3.46. The molecule has 4 aromatic rings. The normalized spacial score (nSPS) is 14.3. The Kier molecular flexibility index (Phi) is 6.03. The maximum absolute atomic E-state index is 11.6. The van der Waals surface area contributed by atoms with Crippen molar-refractivity contribution in [3.05, 3.63) is 119 Å². The average Bonchev–Trinajstić information content (AvgIpc) is 2.89. The first-order valence-electron chi connectivity index (χ1n) is 12.1. The van der Waals surface area contributed by atoms with Gasteiger partial charge in [-0.15, -0.1) is 0 Å². The van der Waals surface area contributed by atoms with Crippen LogP contribution in [0, 0.1) is 13.8 Å². The molecule has 0 spiro atoms. The van der Waals surface area contributed by atoms with Crippen molar-refractivity contribution in [1.29, 1.82) is 0 Å². The molecule has 1 aliphatic heterocycles. The van der Waals surface area contributed by atoms with Gasteiger partial charge >= 0.3 is 0 Å². The molecular formula is C32H32O2P+. The second-order valence-corrected chi connectivity index (χ2v) is 13.3. The van der Waals surface area contributed by atoms with Gasteiger partial charge < -0.3 is 9.84 Å². The molecule has 1 heterocycles. The Morgan fingerprint density at radius 1 is 0.714 bits per heavy atom. The Labute approximate surface area is 209 Å². The highest BCUT2D eigenvalue weighted by Gasteiger charge is 2.47. The molecule has 0 saturated carbocycles. The lowest BCUT2D eigenvalue weighted by Gasteiger charge is -2.33. The Bertz CT molecular complexity index is 1280. The first-order chi connectivity index (χ1) is 16.8. The van der Waals surface area contributed by atoms with Gasteiger partial charge in [-0.25, -0.2) is 0 Å². The Hall–Kier alpha value is -3.35. The minimum atomic E-state index is -2.17. The molecule has 0 unspecified atom stereocenters. The number of phenolic OH excluding ortho intramolecular Hbond substituents is 1. The largest absolute Gasteiger partial charge is 0.507 e. The van der Waals surface area contributed by atoms with Gasteiger partial charge in [-0.3, -0.25) is 0 Å². The monoisotopic (exact) mass is 479 g/mol. The second kappa shape index (κ2) is 9.02. The highest BCUT2D eigenvalue weighted by atomic mass is 31.2. The van der Waals surface area contributed by atoms with Crippen LogP contribution < -0.4 is 20.7 Å². The third-order valence-corrected chi connectivity index (χ3v) is 11.4. The molecule has 0 aliphatic carbocycles. The zero-order valence-corrected chi connectivity index (χ0v) is 21.7. The molecule has 1 aliphatic rings. The third-order valence-electron chi connectivity index (χ3n) is 7.12. The zero-order chi connectivity index (χ0) is 24.6. The van der Waals surface area contributed by atoms with Crippen LogP contribution in [-0.2, 0) is 6.16 Å². The van der Waals surface area contributed by atoms with E-state index >= 15 is 0 Å². The van der Waals surface area contributed by atoms with Crippen LogP contribution in [0.5, 0.6) is 11.5 Å². The number of ether oxygens (including phenoxy) is 1. The van der Waals surface area contributed by atoms with E-state index in [0.29, 0.717) is 11.9 Å². The number of hydrogen-bond acceptors (Lipinski definition) is 2. The molecular weight excluding hydrogens is 447 g/mol. The van der Waals surface area contributed by atoms with Crippen molar-refractivity contribution in [3.63, 3.8) is 0 Å². The molecule has 0 aromatic heterocycles. The summed E-state index contributed by atoms with van der Waals surface area (Å²) in [5.74, 6) is 1.26. The van der Waals surface area contributed by atoms with E-state index in [2.05, 4.69) is 117 Å². The summed E-state index contributed by atoms with van der Waals surface area (Å²) < 4.78 is 6.47. The summed E-state index contributed by atoms with van der Waals surface area (Å²) in [5, 5.41) is 15.5. The summed E-state index contributed by atoms with van der Waals surface area (Å²) in [6, 6.07) is 32.4. The quantitative estimate of drug-likeness (QED) is 0.323. The summed E-state index contributed by atoms with van der Waals surface area (Å²) in [6.45, 7) is 8.18. The number of phenols is 1. The van der Waals surface area contributed by atoms with Crippen molar-refractivity contribution < 1.29 is 9.84 Å². The predicted octanol–water partition coefficient (Wildman–Crippen LogP) is 6.69. The van der Waals surface area contributed by atoms with Crippen LogP contribution in [-0.4, -0.2) is 10.7 Å². The minimum absolute atomic E-state index is 0.376. The fraction of sp³-hybridized carbons (Fsp3) is 0.188. The first-order valence-corrected chi connectivity index (χ1v) is 14.1. The first kappa shape index (κ1) is 23.4. The molecule has 0 atom stereocenters. The maximum Gasteiger partial charge on any atom is 0.131 e. The summed E-state index contributed by atoms with van der Waals surface area (Å²) >= 11 is 0. The van der Waals surface area contributed by atoms with Crippen LogP contribution in [0.25, 0.3) is 6.08 Å². The van der Waals surface area contributed by atoms with Crippen LogP contribution >= 0.6 is 7.26 Å². The van der Waals surface area contributed by atoms with E-state index in [1.165, 1.54) is 15.9 Å². The van der Waals surface area contributed by atoms with E-state index in [-0.39, 0.29) is 5.60 Å². The number of hydrogen-bond donors (Lipinski definition) is 1. The Morgan fingerprint density at radius 2 is 1.17 bits per heavy atom. The van der Waals surface area contributed by atoms with Crippen molar-refractivity contribution in [1.82, 2.24) is 0 Å². The minimum Gasteiger partial charge on any atom is -0.507 e. The van der Waals surface area contributed by atoms with E-state index in [1.807, 2.05) is 13.8 Å².